The first kappa shape index (κ1) is 18.0. The molecular formula is C19H27N5O3. The van der Waals surface area contributed by atoms with Gasteiger partial charge in [-0.05, 0) is 37.5 Å². The summed E-state index contributed by atoms with van der Waals surface area (Å²) in [5.41, 5.74) is -0.0818. The van der Waals surface area contributed by atoms with Crippen LogP contribution >= 0.6 is 0 Å². The molecule has 3 aliphatic rings. The van der Waals surface area contributed by atoms with Crippen molar-refractivity contribution in [2.75, 3.05) is 43.5 Å². The number of aromatic nitrogens is 2. The van der Waals surface area contributed by atoms with Gasteiger partial charge in [-0.25, -0.2) is 14.8 Å². The highest BCUT2D eigenvalue weighted by Gasteiger charge is 2.51. The molecule has 3 heterocycles. The van der Waals surface area contributed by atoms with Gasteiger partial charge in [0.25, 0.3) is 0 Å². The Hall–Kier alpha value is -2.38. The Balaban J connectivity index is 1.45. The Bertz CT molecular complexity index is 741. The van der Waals surface area contributed by atoms with E-state index in [4.69, 9.17) is 0 Å². The third-order valence-electron chi connectivity index (χ3n) is 6.25. The molecule has 1 aromatic heterocycles. The van der Waals surface area contributed by atoms with Gasteiger partial charge in [0.15, 0.2) is 0 Å². The summed E-state index contributed by atoms with van der Waals surface area (Å²) in [6.07, 6.45) is 5.73. The number of carboxylic acid groups (broad SMARTS) is 1. The number of nitrogens with zero attached hydrogens (tertiary/aromatic N) is 5. The second-order valence-electron chi connectivity index (χ2n) is 8.41. The topological polar surface area (TPSA) is 89.9 Å². The second kappa shape index (κ2) is 6.65. The average molecular weight is 373 g/mol. The Labute approximate surface area is 159 Å². The van der Waals surface area contributed by atoms with E-state index in [1.807, 2.05) is 25.1 Å². The van der Waals surface area contributed by atoms with E-state index in [2.05, 4.69) is 14.9 Å². The van der Waals surface area contributed by atoms with Crippen molar-refractivity contribution in [3.8, 4) is 0 Å². The first-order valence-electron chi connectivity index (χ1n) is 9.66. The van der Waals surface area contributed by atoms with Crippen LogP contribution in [0.2, 0.25) is 0 Å². The normalized spacial score (nSPS) is 24.3. The number of hydrogen-bond acceptors (Lipinski definition) is 6. The molecule has 1 atom stereocenters. The highest BCUT2D eigenvalue weighted by Crippen LogP contribution is 2.46. The standard InChI is InChI=1S/C19H27N5O3/c1-22(2)15-9-16(21-12-20-15)23-7-5-19(6-8-23)10-14(18(26)27)24(11-19)17(25)13-3-4-13/h9,12-14H,3-8,10-11H2,1-2H3,(H,26,27)/t14-/m1/s1. The van der Waals surface area contributed by atoms with Gasteiger partial charge in [-0.2, -0.15) is 0 Å². The second-order valence-corrected chi connectivity index (χ2v) is 8.41. The third-order valence-corrected chi connectivity index (χ3v) is 6.25. The van der Waals surface area contributed by atoms with Crippen molar-refractivity contribution in [3.05, 3.63) is 12.4 Å². The predicted molar refractivity (Wildman–Crippen MR) is 101 cm³/mol. The molecule has 8 nitrogen and oxygen atoms in total. The largest absolute Gasteiger partial charge is 0.480 e. The summed E-state index contributed by atoms with van der Waals surface area (Å²) in [7, 11) is 3.90. The Morgan fingerprint density at radius 3 is 2.52 bits per heavy atom. The summed E-state index contributed by atoms with van der Waals surface area (Å²) < 4.78 is 0. The first-order chi connectivity index (χ1) is 12.9. The lowest BCUT2D eigenvalue weighted by atomic mass is 9.76. The van der Waals surface area contributed by atoms with Crippen LogP contribution in [0.15, 0.2) is 12.4 Å². The summed E-state index contributed by atoms with van der Waals surface area (Å²) in [4.78, 5) is 38.8. The molecule has 1 saturated carbocycles. The maximum atomic E-state index is 12.6. The zero-order chi connectivity index (χ0) is 19.2. The molecular weight excluding hydrogens is 346 g/mol. The average Bonchev–Trinajstić information content (AvgIpc) is 3.44. The van der Waals surface area contributed by atoms with Crippen LogP contribution in [0.4, 0.5) is 11.6 Å². The SMILES string of the molecule is CN(C)c1cc(N2CCC3(CC2)C[C@H](C(=O)O)N(C(=O)C2CC2)C3)ncn1. The zero-order valence-corrected chi connectivity index (χ0v) is 16.0. The molecule has 8 heteroatoms. The lowest BCUT2D eigenvalue weighted by Crippen LogP contribution is -2.43. The van der Waals surface area contributed by atoms with Crippen LogP contribution in [0, 0.1) is 11.3 Å². The molecule has 146 valence electrons. The molecule has 0 aromatic carbocycles. The molecule has 3 fully saturated rings. The lowest BCUT2D eigenvalue weighted by molar-refractivity contribution is -0.148. The number of aliphatic carboxylic acids is 1. The Morgan fingerprint density at radius 2 is 1.93 bits per heavy atom. The highest BCUT2D eigenvalue weighted by atomic mass is 16.4. The quantitative estimate of drug-likeness (QED) is 0.849. The Kier molecular flexibility index (Phi) is 4.44. The van der Waals surface area contributed by atoms with Crippen LogP contribution in [0.3, 0.4) is 0 Å². The van der Waals surface area contributed by atoms with E-state index in [0.29, 0.717) is 13.0 Å². The van der Waals surface area contributed by atoms with Gasteiger partial charge in [0.2, 0.25) is 5.91 Å². The van der Waals surface area contributed by atoms with E-state index in [-0.39, 0.29) is 17.2 Å². The van der Waals surface area contributed by atoms with Crippen molar-refractivity contribution in [1.29, 1.82) is 0 Å². The number of rotatable bonds is 4. The molecule has 27 heavy (non-hydrogen) atoms. The van der Waals surface area contributed by atoms with Crippen molar-refractivity contribution in [1.82, 2.24) is 14.9 Å². The number of likely N-dealkylation sites (tertiary alicyclic amines) is 1. The van der Waals surface area contributed by atoms with Crippen molar-refractivity contribution >= 4 is 23.5 Å². The number of anilines is 2. The molecule has 1 aromatic rings. The maximum Gasteiger partial charge on any atom is 0.326 e. The van der Waals surface area contributed by atoms with E-state index in [9.17, 15) is 14.7 Å². The van der Waals surface area contributed by atoms with Crippen molar-refractivity contribution < 1.29 is 14.7 Å². The molecule has 0 bridgehead atoms. The fourth-order valence-corrected chi connectivity index (χ4v) is 4.40. The Morgan fingerprint density at radius 1 is 1.22 bits per heavy atom. The van der Waals surface area contributed by atoms with Crippen LogP contribution in [0.1, 0.15) is 32.1 Å². The van der Waals surface area contributed by atoms with Gasteiger partial charge < -0.3 is 19.8 Å². The van der Waals surface area contributed by atoms with Crippen LogP contribution in [0.5, 0.6) is 0 Å². The molecule has 1 amide bonds. The van der Waals surface area contributed by atoms with E-state index >= 15 is 0 Å². The fraction of sp³-hybridized carbons (Fsp3) is 0.684. The summed E-state index contributed by atoms with van der Waals surface area (Å²) in [6, 6.07) is 1.32. The van der Waals surface area contributed by atoms with Gasteiger partial charge in [-0.1, -0.05) is 0 Å². The van der Waals surface area contributed by atoms with Gasteiger partial charge in [-0.15, -0.1) is 0 Å². The number of carboxylic acids is 1. The molecule has 0 unspecified atom stereocenters. The van der Waals surface area contributed by atoms with Crippen LogP contribution in [-0.2, 0) is 9.59 Å². The summed E-state index contributed by atoms with van der Waals surface area (Å²) in [5, 5.41) is 9.64. The lowest BCUT2D eigenvalue weighted by Gasteiger charge is -2.39. The van der Waals surface area contributed by atoms with E-state index < -0.39 is 12.0 Å². The van der Waals surface area contributed by atoms with E-state index in [1.165, 1.54) is 0 Å². The third kappa shape index (κ3) is 3.44. The van der Waals surface area contributed by atoms with Crippen molar-refractivity contribution in [3.63, 3.8) is 0 Å². The molecule has 0 radical (unpaired) electrons. The van der Waals surface area contributed by atoms with E-state index in [0.717, 1.165) is 50.4 Å². The smallest absolute Gasteiger partial charge is 0.326 e. The van der Waals surface area contributed by atoms with Gasteiger partial charge in [0, 0.05) is 45.7 Å². The van der Waals surface area contributed by atoms with Gasteiger partial charge in [0.05, 0.1) is 0 Å². The number of hydrogen-bond donors (Lipinski definition) is 1. The van der Waals surface area contributed by atoms with Gasteiger partial charge in [-0.3, -0.25) is 4.79 Å². The predicted octanol–water partition coefficient (Wildman–Crippen LogP) is 1.22. The molecule has 4 rings (SSSR count). The molecule has 1 aliphatic carbocycles. The minimum Gasteiger partial charge on any atom is -0.480 e. The number of amides is 1. The molecule has 2 saturated heterocycles. The zero-order valence-electron chi connectivity index (χ0n) is 16.0. The highest BCUT2D eigenvalue weighted by molar-refractivity contribution is 5.87. The van der Waals surface area contributed by atoms with E-state index in [1.54, 1.807) is 11.2 Å². The number of carbonyl (C=O) groups is 2. The number of carbonyl (C=O) groups excluding carboxylic acids is 1. The molecule has 2 aliphatic heterocycles. The molecule has 1 spiro atoms. The number of piperidine rings is 1. The fourth-order valence-electron chi connectivity index (χ4n) is 4.40. The summed E-state index contributed by atoms with van der Waals surface area (Å²) >= 11 is 0. The van der Waals surface area contributed by atoms with Gasteiger partial charge in [0.1, 0.15) is 24.0 Å². The van der Waals surface area contributed by atoms with Crippen LogP contribution in [-0.4, -0.2) is 71.6 Å². The monoisotopic (exact) mass is 373 g/mol. The van der Waals surface area contributed by atoms with Crippen LogP contribution < -0.4 is 9.80 Å². The summed E-state index contributed by atoms with van der Waals surface area (Å²) in [5.74, 6) is 1.02. The molecule has 1 N–H and O–H groups in total. The minimum atomic E-state index is -0.866. The summed E-state index contributed by atoms with van der Waals surface area (Å²) in [6.45, 7) is 2.23. The first-order valence-corrected chi connectivity index (χ1v) is 9.66. The maximum absolute atomic E-state index is 12.6. The van der Waals surface area contributed by atoms with Crippen molar-refractivity contribution in [2.45, 2.75) is 38.1 Å². The van der Waals surface area contributed by atoms with Crippen LogP contribution in [0.25, 0.3) is 0 Å². The van der Waals surface area contributed by atoms with Gasteiger partial charge >= 0.3 is 5.97 Å². The minimum absolute atomic E-state index is 0.0492. The van der Waals surface area contributed by atoms with Crippen molar-refractivity contribution in [2.24, 2.45) is 11.3 Å².